The Kier molecular flexibility index (Phi) is 6.77. The van der Waals surface area contributed by atoms with Crippen molar-refractivity contribution in [2.75, 3.05) is 25.0 Å². The van der Waals surface area contributed by atoms with Gasteiger partial charge in [-0.3, -0.25) is 9.20 Å². The smallest absolute Gasteiger partial charge is 0.254 e. The van der Waals surface area contributed by atoms with Crippen LogP contribution in [0.3, 0.4) is 0 Å². The van der Waals surface area contributed by atoms with E-state index < -0.39 is 5.54 Å². The summed E-state index contributed by atoms with van der Waals surface area (Å²) in [7, 11) is 0. The number of imidazole rings is 1. The van der Waals surface area contributed by atoms with Crippen LogP contribution in [0.1, 0.15) is 36.7 Å². The van der Waals surface area contributed by atoms with Crippen LogP contribution in [-0.4, -0.2) is 57.7 Å². The predicted octanol–water partition coefficient (Wildman–Crippen LogP) is 3.68. The summed E-state index contributed by atoms with van der Waals surface area (Å²) >= 11 is 0. The Hall–Kier alpha value is -4.02. The fourth-order valence-electron chi connectivity index (χ4n) is 4.85. The van der Waals surface area contributed by atoms with Crippen molar-refractivity contribution in [3.8, 4) is 11.3 Å². The second-order valence-corrected chi connectivity index (χ2v) is 10.1. The monoisotopic (exact) mass is 517 g/mol. The lowest BCUT2D eigenvalue weighted by Crippen LogP contribution is -2.55. The average molecular weight is 518 g/mol. The lowest BCUT2D eigenvalue weighted by atomic mass is 9.97. The summed E-state index contributed by atoms with van der Waals surface area (Å²) in [5.74, 6) is -0.139. The zero-order valence-electron chi connectivity index (χ0n) is 21.8. The van der Waals surface area contributed by atoms with Gasteiger partial charge in [0, 0.05) is 43.0 Å². The molecule has 5 rings (SSSR count). The van der Waals surface area contributed by atoms with E-state index in [-0.39, 0.29) is 17.8 Å². The first-order chi connectivity index (χ1) is 18.2. The van der Waals surface area contributed by atoms with Gasteiger partial charge in [-0.2, -0.15) is 0 Å². The third-order valence-corrected chi connectivity index (χ3v) is 6.91. The fourth-order valence-corrected chi connectivity index (χ4v) is 4.85. The van der Waals surface area contributed by atoms with Gasteiger partial charge in [-0.25, -0.2) is 14.4 Å². The van der Waals surface area contributed by atoms with Gasteiger partial charge in [0.2, 0.25) is 0 Å². The first kappa shape index (κ1) is 25.6. The number of nitrogens with one attached hydrogen (secondary N) is 2. The van der Waals surface area contributed by atoms with Crippen molar-refractivity contribution in [3.63, 3.8) is 0 Å². The SMILES string of the molecule is C=C(N=C/C(=C\C)N1CCO[C@H](C(C)(C)N)C1)Nc1ccc(-c2cnc3cc(F)ccn23)c2c1C(=O)NC2. The zero-order chi connectivity index (χ0) is 27.0. The molecular weight excluding hydrogens is 485 g/mol. The molecule has 0 saturated carbocycles. The van der Waals surface area contributed by atoms with Crippen molar-refractivity contribution < 1.29 is 13.9 Å². The number of nitrogens with zero attached hydrogens (tertiary/aromatic N) is 4. The molecule has 1 atom stereocenters. The Morgan fingerprint density at radius 3 is 2.97 bits per heavy atom. The van der Waals surface area contributed by atoms with E-state index in [9.17, 15) is 9.18 Å². The molecule has 198 valence electrons. The van der Waals surface area contributed by atoms with Crippen LogP contribution >= 0.6 is 0 Å². The number of aliphatic imine (C=N–C) groups is 1. The summed E-state index contributed by atoms with van der Waals surface area (Å²) in [6.45, 7) is 12.3. The van der Waals surface area contributed by atoms with Crippen molar-refractivity contribution in [1.82, 2.24) is 19.6 Å². The highest BCUT2D eigenvalue weighted by atomic mass is 19.1. The van der Waals surface area contributed by atoms with Crippen LogP contribution < -0.4 is 16.4 Å². The molecule has 0 spiro atoms. The largest absolute Gasteiger partial charge is 0.373 e. The maximum Gasteiger partial charge on any atom is 0.254 e. The van der Waals surface area contributed by atoms with Gasteiger partial charge in [0.1, 0.15) is 17.3 Å². The lowest BCUT2D eigenvalue weighted by Gasteiger charge is -2.40. The highest BCUT2D eigenvalue weighted by Crippen LogP contribution is 2.35. The van der Waals surface area contributed by atoms with E-state index >= 15 is 0 Å². The number of benzene rings is 1. The molecule has 0 bridgehead atoms. The Morgan fingerprint density at radius 2 is 2.21 bits per heavy atom. The van der Waals surface area contributed by atoms with E-state index in [0.29, 0.717) is 42.4 Å². The maximum absolute atomic E-state index is 13.6. The predicted molar refractivity (Wildman–Crippen MR) is 146 cm³/mol. The number of rotatable bonds is 7. The van der Waals surface area contributed by atoms with Gasteiger partial charge in [0.15, 0.2) is 0 Å². The van der Waals surface area contributed by atoms with Crippen LogP contribution in [0.2, 0.25) is 0 Å². The molecule has 1 saturated heterocycles. The number of anilines is 1. The van der Waals surface area contributed by atoms with Gasteiger partial charge < -0.3 is 26.0 Å². The molecule has 0 aliphatic carbocycles. The highest BCUT2D eigenvalue weighted by molar-refractivity contribution is 6.05. The van der Waals surface area contributed by atoms with Crippen molar-refractivity contribution in [2.45, 2.75) is 39.0 Å². The third-order valence-electron chi connectivity index (χ3n) is 6.91. The summed E-state index contributed by atoms with van der Waals surface area (Å²) in [6, 6.07) is 6.50. The molecule has 2 aromatic heterocycles. The van der Waals surface area contributed by atoms with Crippen LogP contribution in [0.5, 0.6) is 0 Å². The Balaban J connectivity index is 1.36. The lowest BCUT2D eigenvalue weighted by molar-refractivity contribution is -0.0471. The minimum Gasteiger partial charge on any atom is -0.373 e. The first-order valence-corrected chi connectivity index (χ1v) is 12.5. The van der Waals surface area contributed by atoms with Crippen molar-refractivity contribution in [3.05, 3.63) is 77.8 Å². The Morgan fingerprint density at radius 1 is 1.39 bits per heavy atom. The van der Waals surface area contributed by atoms with Crippen molar-refractivity contribution in [2.24, 2.45) is 10.7 Å². The number of hydrogen-bond acceptors (Lipinski definition) is 7. The summed E-state index contributed by atoms with van der Waals surface area (Å²) < 4.78 is 21.3. The maximum atomic E-state index is 13.6. The van der Waals surface area contributed by atoms with E-state index in [1.165, 1.54) is 12.1 Å². The molecule has 10 heteroatoms. The number of pyridine rings is 1. The Bertz CT molecular complexity index is 1470. The summed E-state index contributed by atoms with van der Waals surface area (Å²) in [5, 5.41) is 6.09. The van der Waals surface area contributed by atoms with Crippen LogP contribution in [0.15, 0.2) is 65.8 Å². The summed E-state index contributed by atoms with van der Waals surface area (Å²) in [5.41, 5.74) is 10.9. The highest BCUT2D eigenvalue weighted by Gasteiger charge is 2.31. The van der Waals surface area contributed by atoms with Gasteiger partial charge >= 0.3 is 0 Å². The summed E-state index contributed by atoms with van der Waals surface area (Å²) in [6.07, 6.45) is 6.98. The van der Waals surface area contributed by atoms with E-state index in [4.69, 9.17) is 10.5 Å². The second-order valence-electron chi connectivity index (χ2n) is 10.1. The molecule has 1 amide bonds. The number of hydrogen-bond donors (Lipinski definition) is 3. The van der Waals surface area contributed by atoms with Crippen LogP contribution in [0.4, 0.5) is 10.1 Å². The van der Waals surface area contributed by atoms with Gasteiger partial charge in [0.05, 0.1) is 47.8 Å². The van der Waals surface area contributed by atoms with Crippen LogP contribution in [-0.2, 0) is 11.3 Å². The molecule has 38 heavy (non-hydrogen) atoms. The normalized spacial score (nSPS) is 18.2. The molecule has 4 N–H and O–H groups in total. The summed E-state index contributed by atoms with van der Waals surface area (Å²) in [4.78, 5) is 23.8. The minimum absolute atomic E-state index is 0.0903. The number of nitrogens with two attached hydrogens (primary N) is 1. The quantitative estimate of drug-likeness (QED) is 0.413. The molecule has 9 nitrogen and oxygen atoms in total. The van der Waals surface area contributed by atoms with Crippen molar-refractivity contribution in [1.29, 1.82) is 0 Å². The van der Waals surface area contributed by atoms with Crippen LogP contribution in [0, 0.1) is 5.82 Å². The Labute approximate surface area is 220 Å². The van der Waals surface area contributed by atoms with Gasteiger partial charge in [-0.1, -0.05) is 18.7 Å². The number of morpholine rings is 1. The van der Waals surface area contributed by atoms with E-state index in [2.05, 4.69) is 32.1 Å². The molecular formula is C28H32FN7O2. The topological polar surface area (TPSA) is 109 Å². The number of allylic oxidation sites excluding steroid dienone is 2. The first-order valence-electron chi connectivity index (χ1n) is 12.5. The van der Waals surface area contributed by atoms with Gasteiger partial charge in [-0.15, -0.1) is 0 Å². The molecule has 4 heterocycles. The molecule has 2 aliphatic rings. The molecule has 1 aromatic carbocycles. The van der Waals surface area contributed by atoms with Crippen molar-refractivity contribution >= 4 is 23.5 Å². The molecule has 3 aromatic rings. The number of carbonyl (C=O) groups excluding carboxylic acids is 1. The fraction of sp³-hybridized carbons (Fsp3) is 0.321. The average Bonchev–Trinajstić information content (AvgIpc) is 3.48. The van der Waals surface area contributed by atoms with E-state index in [1.807, 2.05) is 39.0 Å². The molecule has 2 aliphatic heterocycles. The van der Waals surface area contributed by atoms with E-state index in [1.54, 1.807) is 23.0 Å². The number of ether oxygens (including phenoxy) is 1. The third kappa shape index (κ3) is 4.92. The molecule has 0 unspecified atom stereocenters. The van der Waals surface area contributed by atoms with Gasteiger partial charge in [0.25, 0.3) is 5.91 Å². The number of aromatic nitrogens is 2. The molecule has 1 fully saturated rings. The molecule has 0 radical (unpaired) electrons. The number of fused-ring (bicyclic) bond motifs is 2. The standard InChI is InChI=1S/C28H32FN7O2/c1-5-19(35-10-11-38-24(16-35)28(3,4)30)13-31-17(2)34-22-7-6-20(21-14-33-27(37)26(21)22)23-15-32-25-12-18(29)8-9-36(23)25/h5-9,12-13,15,24,34H,2,10-11,14,16,30H2,1,3-4H3,(H,33,37)/b19-5+,31-13?/t24-/m0/s1. The minimum atomic E-state index is -0.452. The number of amides is 1. The zero-order valence-corrected chi connectivity index (χ0v) is 21.8. The van der Waals surface area contributed by atoms with E-state index in [0.717, 1.165) is 29.1 Å². The number of halogens is 1. The number of carbonyl (C=O) groups is 1. The van der Waals surface area contributed by atoms with Gasteiger partial charge in [-0.05, 0) is 38.5 Å². The van der Waals surface area contributed by atoms with Crippen LogP contribution in [0.25, 0.3) is 16.9 Å². The second kappa shape index (κ2) is 10.0.